The Morgan fingerprint density at radius 2 is 2.03 bits per heavy atom. The van der Waals surface area contributed by atoms with Gasteiger partial charge in [-0.15, -0.1) is 5.10 Å². The Bertz CT molecular complexity index is 979. The number of carbonyl (C=O) groups is 1. The molecule has 9 heteroatoms. The number of rotatable bonds is 6. The Kier molecular flexibility index (Phi) is 6.10. The van der Waals surface area contributed by atoms with E-state index in [0.29, 0.717) is 30.8 Å². The number of pyridine rings is 2. The first-order valence-corrected chi connectivity index (χ1v) is 9.90. The van der Waals surface area contributed by atoms with Crippen molar-refractivity contribution in [1.29, 1.82) is 0 Å². The number of aliphatic hydroxyl groups is 1. The number of nitrogens with one attached hydrogen (secondary N) is 1. The number of amides is 1. The van der Waals surface area contributed by atoms with E-state index in [4.69, 9.17) is 9.72 Å². The van der Waals surface area contributed by atoms with Gasteiger partial charge in [-0.05, 0) is 43.5 Å². The molecule has 1 aliphatic carbocycles. The minimum absolute atomic E-state index is 0.0194. The van der Waals surface area contributed by atoms with Crippen LogP contribution in [0.2, 0.25) is 0 Å². The fourth-order valence-corrected chi connectivity index (χ4v) is 3.79. The largest absolute Gasteiger partial charge is 0.391 e. The van der Waals surface area contributed by atoms with Gasteiger partial charge in [-0.1, -0.05) is 0 Å². The molecule has 9 nitrogen and oxygen atoms in total. The maximum atomic E-state index is 12.6. The van der Waals surface area contributed by atoms with Crippen LogP contribution in [0.3, 0.4) is 0 Å². The lowest BCUT2D eigenvalue weighted by molar-refractivity contribution is 0.0670. The van der Waals surface area contributed by atoms with Crippen LogP contribution in [-0.2, 0) is 11.3 Å². The molecule has 0 spiro atoms. The molecule has 0 radical (unpaired) electrons. The fourth-order valence-electron chi connectivity index (χ4n) is 3.79. The van der Waals surface area contributed by atoms with Gasteiger partial charge in [0, 0.05) is 31.6 Å². The SMILES string of the molecule is COCc1nc([C@H]2CC[C@@H](O)[C@H](NC(=O)c3cccnc3)C2)n(-c2cccnc2)n1. The molecule has 3 aromatic rings. The lowest BCUT2D eigenvalue weighted by Gasteiger charge is -2.33. The van der Waals surface area contributed by atoms with Gasteiger partial charge in [0.1, 0.15) is 12.4 Å². The first-order chi connectivity index (χ1) is 14.7. The number of hydrogen-bond donors (Lipinski definition) is 2. The molecule has 2 N–H and O–H groups in total. The van der Waals surface area contributed by atoms with E-state index in [1.54, 1.807) is 42.5 Å². The standard InChI is InChI=1S/C21H24N6O3/c1-30-13-19-25-20(27(26-19)16-5-3-9-23-12-16)14-6-7-18(28)17(10-14)24-21(29)15-4-2-8-22-11-15/h2-5,8-9,11-12,14,17-18,28H,6-7,10,13H2,1H3,(H,24,29)/t14-,17+,18+/m0/s1. The molecule has 3 atom stereocenters. The summed E-state index contributed by atoms with van der Waals surface area (Å²) in [6.07, 6.45) is 7.80. The molecule has 0 unspecified atom stereocenters. The van der Waals surface area contributed by atoms with Crippen molar-refractivity contribution in [3.05, 3.63) is 66.3 Å². The number of hydrogen-bond acceptors (Lipinski definition) is 7. The quantitative estimate of drug-likeness (QED) is 0.637. The maximum absolute atomic E-state index is 12.6. The molecule has 0 aliphatic heterocycles. The first-order valence-electron chi connectivity index (χ1n) is 9.90. The van der Waals surface area contributed by atoms with Crippen molar-refractivity contribution in [2.75, 3.05) is 7.11 Å². The predicted molar refractivity (Wildman–Crippen MR) is 108 cm³/mol. The van der Waals surface area contributed by atoms with Gasteiger partial charge in [-0.2, -0.15) is 0 Å². The van der Waals surface area contributed by atoms with E-state index < -0.39 is 6.10 Å². The number of methoxy groups -OCH3 is 1. The zero-order valence-corrected chi connectivity index (χ0v) is 16.7. The second-order valence-corrected chi connectivity index (χ2v) is 7.34. The van der Waals surface area contributed by atoms with Crippen molar-refractivity contribution in [3.63, 3.8) is 0 Å². The van der Waals surface area contributed by atoms with Gasteiger partial charge in [0.05, 0.1) is 29.6 Å². The third kappa shape index (κ3) is 4.37. The van der Waals surface area contributed by atoms with Gasteiger partial charge in [0.25, 0.3) is 5.91 Å². The molecule has 3 heterocycles. The summed E-state index contributed by atoms with van der Waals surface area (Å²) in [5.74, 6) is 1.13. The van der Waals surface area contributed by atoms with E-state index in [-0.39, 0.29) is 17.9 Å². The third-order valence-electron chi connectivity index (χ3n) is 5.26. The van der Waals surface area contributed by atoms with Crippen LogP contribution in [0.5, 0.6) is 0 Å². The number of carbonyl (C=O) groups excluding carboxylic acids is 1. The van der Waals surface area contributed by atoms with Crippen LogP contribution in [-0.4, -0.2) is 55.0 Å². The monoisotopic (exact) mass is 408 g/mol. The van der Waals surface area contributed by atoms with Crippen molar-refractivity contribution in [1.82, 2.24) is 30.0 Å². The number of aliphatic hydroxyl groups excluding tert-OH is 1. The summed E-state index contributed by atoms with van der Waals surface area (Å²) in [7, 11) is 1.60. The van der Waals surface area contributed by atoms with Gasteiger partial charge < -0.3 is 15.2 Å². The van der Waals surface area contributed by atoms with Crippen molar-refractivity contribution < 1.29 is 14.6 Å². The molecule has 30 heavy (non-hydrogen) atoms. The van der Waals surface area contributed by atoms with Crippen LogP contribution in [0.4, 0.5) is 0 Å². The minimum Gasteiger partial charge on any atom is -0.391 e. The lowest BCUT2D eigenvalue weighted by Crippen LogP contribution is -2.47. The zero-order valence-electron chi connectivity index (χ0n) is 16.7. The Hall–Kier alpha value is -3.17. The van der Waals surface area contributed by atoms with Crippen molar-refractivity contribution in [2.45, 2.75) is 43.9 Å². The Morgan fingerprint density at radius 3 is 2.73 bits per heavy atom. The normalized spacial score (nSPS) is 21.3. The number of ether oxygens (including phenoxy) is 1. The summed E-state index contributed by atoms with van der Waals surface area (Å²) in [5, 5.41) is 18.0. The molecule has 1 amide bonds. The highest BCUT2D eigenvalue weighted by Crippen LogP contribution is 2.33. The van der Waals surface area contributed by atoms with Gasteiger partial charge in [0.2, 0.25) is 0 Å². The molecule has 1 fully saturated rings. The Balaban J connectivity index is 1.57. The average molecular weight is 408 g/mol. The second-order valence-electron chi connectivity index (χ2n) is 7.34. The predicted octanol–water partition coefficient (Wildman–Crippen LogP) is 1.63. The molecule has 0 aromatic carbocycles. The molecule has 1 aliphatic rings. The van der Waals surface area contributed by atoms with Crippen molar-refractivity contribution in [2.24, 2.45) is 0 Å². The summed E-state index contributed by atoms with van der Waals surface area (Å²) in [6, 6.07) is 6.79. The zero-order chi connectivity index (χ0) is 20.9. The summed E-state index contributed by atoms with van der Waals surface area (Å²) in [6.45, 7) is 0.302. The molecular weight excluding hydrogens is 384 g/mol. The smallest absolute Gasteiger partial charge is 0.253 e. The highest BCUT2D eigenvalue weighted by molar-refractivity contribution is 5.94. The van der Waals surface area contributed by atoms with Crippen LogP contribution in [0.25, 0.3) is 5.69 Å². The van der Waals surface area contributed by atoms with Crippen LogP contribution >= 0.6 is 0 Å². The van der Waals surface area contributed by atoms with Gasteiger partial charge >= 0.3 is 0 Å². The van der Waals surface area contributed by atoms with Gasteiger partial charge in [0.15, 0.2) is 5.82 Å². The van der Waals surface area contributed by atoms with Crippen LogP contribution < -0.4 is 5.32 Å². The third-order valence-corrected chi connectivity index (χ3v) is 5.26. The maximum Gasteiger partial charge on any atom is 0.253 e. The summed E-state index contributed by atoms with van der Waals surface area (Å²) in [4.78, 5) is 25.4. The molecule has 1 saturated carbocycles. The van der Waals surface area contributed by atoms with E-state index in [1.807, 2.05) is 12.1 Å². The van der Waals surface area contributed by atoms with Crippen molar-refractivity contribution >= 4 is 5.91 Å². The van der Waals surface area contributed by atoms with Crippen molar-refractivity contribution in [3.8, 4) is 5.69 Å². The number of aromatic nitrogens is 5. The molecule has 4 rings (SSSR count). The lowest BCUT2D eigenvalue weighted by atomic mass is 9.83. The van der Waals surface area contributed by atoms with Gasteiger partial charge in [-0.3, -0.25) is 14.8 Å². The summed E-state index contributed by atoms with van der Waals surface area (Å²) >= 11 is 0. The molecule has 156 valence electrons. The van der Waals surface area contributed by atoms with Crippen LogP contribution in [0, 0.1) is 0 Å². The van der Waals surface area contributed by atoms with E-state index in [1.165, 1.54) is 6.20 Å². The molecule has 0 saturated heterocycles. The van der Waals surface area contributed by atoms with Crippen LogP contribution in [0.15, 0.2) is 49.1 Å². The van der Waals surface area contributed by atoms with E-state index in [2.05, 4.69) is 20.4 Å². The Labute approximate surface area is 174 Å². The summed E-state index contributed by atoms with van der Waals surface area (Å²) in [5.41, 5.74) is 1.28. The number of nitrogens with zero attached hydrogens (tertiary/aromatic N) is 5. The van der Waals surface area contributed by atoms with E-state index in [9.17, 15) is 9.90 Å². The van der Waals surface area contributed by atoms with E-state index >= 15 is 0 Å². The molecule has 0 bridgehead atoms. The topological polar surface area (TPSA) is 115 Å². The highest BCUT2D eigenvalue weighted by Gasteiger charge is 2.34. The van der Waals surface area contributed by atoms with E-state index in [0.717, 1.165) is 17.9 Å². The minimum atomic E-state index is -0.616. The highest BCUT2D eigenvalue weighted by atomic mass is 16.5. The first kappa shape index (κ1) is 20.1. The fraction of sp³-hybridized carbons (Fsp3) is 0.381. The summed E-state index contributed by atoms with van der Waals surface area (Å²) < 4.78 is 6.98. The molecular formula is C21H24N6O3. The van der Waals surface area contributed by atoms with Crippen LogP contribution in [0.1, 0.15) is 47.2 Å². The Morgan fingerprint density at radius 1 is 1.23 bits per heavy atom. The van der Waals surface area contributed by atoms with Gasteiger partial charge in [-0.25, -0.2) is 9.67 Å². The molecule has 3 aromatic heterocycles. The average Bonchev–Trinajstić information content (AvgIpc) is 3.20. The second kappa shape index (κ2) is 9.10.